The van der Waals surface area contributed by atoms with Gasteiger partial charge in [0.25, 0.3) is 11.8 Å². The predicted molar refractivity (Wildman–Crippen MR) is 121 cm³/mol. The van der Waals surface area contributed by atoms with E-state index in [-0.39, 0.29) is 12.3 Å². The van der Waals surface area contributed by atoms with Crippen molar-refractivity contribution in [2.45, 2.75) is 69.1 Å². The van der Waals surface area contributed by atoms with Crippen LogP contribution >= 0.6 is 0 Å². The molecule has 3 rings (SSSR count). The number of nitrogens with one attached hydrogen (secondary N) is 2. The standard InChI is InChI=1S/C21H33N5O7S/c1-25(2)34(31,32)24-19(29)21-13-14(21)9-6-4-3-5-7-11-16(33-20(22)30)18(28)26-12-8-10-15(26)17(27)23-21/h6,9,14-16H,3-5,7-8,10-13H2,1-2H3,(H2,22,30)(H,23,27)(H,24,29)/b9-6+. The fourth-order valence-corrected chi connectivity index (χ4v) is 5.07. The van der Waals surface area contributed by atoms with Crippen LogP contribution in [0.1, 0.15) is 51.4 Å². The van der Waals surface area contributed by atoms with E-state index in [0.29, 0.717) is 38.6 Å². The molecular weight excluding hydrogens is 466 g/mol. The van der Waals surface area contributed by atoms with Gasteiger partial charge in [-0.1, -0.05) is 18.6 Å². The van der Waals surface area contributed by atoms with Crippen LogP contribution in [0.5, 0.6) is 0 Å². The average molecular weight is 500 g/mol. The number of hydrogen-bond donors (Lipinski definition) is 3. The molecule has 0 radical (unpaired) electrons. The van der Waals surface area contributed by atoms with E-state index in [1.54, 1.807) is 0 Å². The molecule has 0 aromatic heterocycles. The molecule has 0 spiro atoms. The number of hydrogen-bond acceptors (Lipinski definition) is 7. The molecule has 1 saturated heterocycles. The maximum atomic E-state index is 13.3. The summed E-state index contributed by atoms with van der Waals surface area (Å²) in [5.74, 6) is -2.23. The Morgan fingerprint density at radius 2 is 1.94 bits per heavy atom. The van der Waals surface area contributed by atoms with Crippen LogP contribution in [0.25, 0.3) is 0 Å². The molecule has 4 unspecified atom stereocenters. The van der Waals surface area contributed by atoms with Crippen LogP contribution < -0.4 is 15.8 Å². The third-order valence-corrected chi connectivity index (χ3v) is 7.95. The summed E-state index contributed by atoms with van der Waals surface area (Å²) in [6, 6.07) is -0.864. The quantitative estimate of drug-likeness (QED) is 0.448. The van der Waals surface area contributed by atoms with Crippen molar-refractivity contribution in [3.05, 3.63) is 12.2 Å². The van der Waals surface area contributed by atoms with Gasteiger partial charge in [0.1, 0.15) is 11.6 Å². The van der Waals surface area contributed by atoms with E-state index in [0.717, 1.165) is 17.1 Å². The zero-order valence-electron chi connectivity index (χ0n) is 19.5. The first-order chi connectivity index (χ1) is 16.0. The minimum Gasteiger partial charge on any atom is -0.436 e. The van der Waals surface area contributed by atoms with Crippen molar-refractivity contribution in [2.75, 3.05) is 20.6 Å². The summed E-state index contributed by atoms with van der Waals surface area (Å²) in [6.07, 6.45) is 6.03. The van der Waals surface area contributed by atoms with E-state index < -0.39 is 51.7 Å². The molecule has 2 fully saturated rings. The minimum atomic E-state index is -4.05. The first kappa shape index (κ1) is 25.9. The third-order valence-electron chi connectivity index (χ3n) is 6.55. The highest BCUT2D eigenvalue weighted by Crippen LogP contribution is 2.45. The first-order valence-corrected chi connectivity index (χ1v) is 12.9. The molecule has 190 valence electrons. The number of primary amides is 1. The number of ether oxygens (including phenoxy) is 1. The zero-order chi connectivity index (χ0) is 25.1. The molecule has 0 bridgehead atoms. The highest BCUT2D eigenvalue weighted by atomic mass is 32.2. The van der Waals surface area contributed by atoms with Gasteiger partial charge in [-0.05, 0) is 44.9 Å². The van der Waals surface area contributed by atoms with E-state index in [1.807, 2.05) is 16.9 Å². The molecular formula is C21H33N5O7S. The Labute approximate surface area is 199 Å². The highest BCUT2D eigenvalue weighted by molar-refractivity contribution is 7.87. The molecule has 2 heterocycles. The van der Waals surface area contributed by atoms with Crippen molar-refractivity contribution in [1.29, 1.82) is 0 Å². The summed E-state index contributed by atoms with van der Waals surface area (Å²) in [6.45, 7) is 0.299. The summed E-state index contributed by atoms with van der Waals surface area (Å²) in [7, 11) is -1.47. The van der Waals surface area contributed by atoms with Crippen LogP contribution in [-0.2, 0) is 29.3 Å². The lowest BCUT2D eigenvalue weighted by Gasteiger charge is -2.29. The number of carbonyl (C=O) groups excluding carboxylic acids is 4. The summed E-state index contributed by atoms with van der Waals surface area (Å²) in [4.78, 5) is 52.2. The number of nitrogens with zero attached hydrogens (tertiary/aromatic N) is 2. The maximum Gasteiger partial charge on any atom is 0.405 e. The van der Waals surface area contributed by atoms with Crippen LogP contribution in [0.2, 0.25) is 0 Å². The number of fused-ring (bicyclic) bond motifs is 2. The van der Waals surface area contributed by atoms with E-state index >= 15 is 0 Å². The molecule has 34 heavy (non-hydrogen) atoms. The average Bonchev–Trinajstić information content (AvgIpc) is 3.21. The fourth-order valence-electron chi connectivity index (χ4n) is 4.47. The van der Waals surface area contributed by atoms with Crippen LogP contribution in [-0.4, -0.2) is 79.8 Å². The molecule has 4 N–H and O–H groups in total. The Bertz CT molecular complexity index is 967. The second-order valence-corrected chi connectivity index (χ2v) is 11.1. The number of carbonyl (C=O) groups is 4. The van der Waals surface area contributed by atoms with Crippen LogP contribution in [0, 0.1) is 5.92 Å². The largest absolute Gasteiger partial charge is 0.436 e. The molecule has 4 atom stereocenters. The Morgan fingerprint density at radius 3 is 2.62 bits per heavy atom. The lowest BCUT2D eigenvalue weighted by atomic mass is 10.1. The Morgan fingerprint density at radius 1 is 1.21 bits per heavy atom. The highest BCUT2D eigenvalue weighted by Gasteiger charge is 2.61. The predicted octanol–water partition coefficient (Wildman–Crippen LogP) is -0.241. The Balaban J connectivity index is 1.87. The van der Waals surface area contributed by atoms with Crippen molar-refractivity contribution < 1.29 is 32.3 Å². The van der Waals surface area contributed by atoms with E-state index in [2.05, 4.69) is 5.32 Å². The lowest BCUT2D eigenvalue weighted by molar-refractivity contribution is -0.146. The van der Waals surface area contributed by atoms with Gasteiger partial charge in [0.2, 0.25) is 5.91 Å². The number of allylic oxidation sites excluding steroid dienone is 1. The molecule has 0 aromatic rings. The molecule has 1 aliphatic carbocycles. The van der Waals surface area contributed by atoms with Crippen LogP contribution in [0.15, 0.2) is 12.2 Å². The van der Waals surface area contributed by atoms with E-state index in [9.17, 15) is 27.6 Å². The molecule has 1 saturated carbocycles. The van der Waals surface area contributed by atoms with Gasteiger partial charge in [-0.3, -0.25) is 14.4 Å². The molecule has 13 heteroatoms. The van der Waals surface area contributed by atoms with Gasteiger partial charge < -0.3 is 20.7 Å². The second kappa shape index (κ2) is 10.3. The number of rotatable bonds is 4. The first-order valence-electron chi connectivity index (χ1n) is 11.5. The summed E-state index contributed by atoms with van der Waals surface area (Å²) >= 11 is 0. The Kier molecular flexibility index (Phi) is 7.86. The third kappa shape index (κ3) is 5.69. The maximum absolute atomic E-state index is 13.3. The lowest BCUT2D eigenvalue weighted by Crippen LogP contribution is -2.58. The smallest absolute Gasteiger partial charge is 0.405 e. The fraction of sp³-hybridized carbons (Fsp3) is 0.714. The van der Waals surface area contributed by atoms with Gasteiger partial charge in [-0.25, -0.2) is 9.52 Å². The van der Waals surface area contributed by atoms with Crippen molar-refractivity contribution >= 4 is 34.0 Å². The van der Waals surface area contributed by atoms with Gasteiger partial charge in [0.15, 0.2) is 6.10 Å². The normalized spacial score (nSPS) is 31.4. The summed E-state index contributed by atoms with van der Waals surface area (Å²) in [5, 5.41) is 2.73. The molecule has 3 aliphatic rings. The summed E-state index contributed by atoms with van der Waals surface area (Å²) in [5.41, 5.74) is 3.74. The van der Waals surface area contributed by atoms with Crippen molar-refractivity contribution in [1.82, 2.24) is 19.2 Å². The molecule has 0 aromatic carbocycles. The Hall–Kier alpha value is -2.67. The van der Waals surface area contributed by atoms with E-state index in [4.69, 9.17) is 10.5 Å². The van der Waals surface area contributed by atoms with Gasteiger partial charge >= 0.3 is 16.3 Å². The topological polar surface area (TPSA) is 168 Å². The molecule has 12 nitrogen and oxygen atoms in total. The monoisotopic (exact) mass is 499 g/mol. The van der Waals surface area contributed by atoms with Gasteiger partial charge in [-0.15, -0.1) is 0 Å². The van der Waals surface area contributed by atoms with Crippen LogP contribution in [0.4, 0.5) is 4.79 Å². The van der Waals surface area contributed by atoms with Gasteiger partial charge in [0.05, 0.1) is 0 Å². The van der Waals surface area contributed by atoms with Gasteiger partial charge in [-0.2, -0.15) is 12.7 Å². The summed E-state index contributed by atoms with van der Waals surface area (Å²) < 4.78 is 32.4. The van der Waals surface area contributed by atoms with Crippen LogP contribution in [0.3, 0.4) is 0 Å². The van der Waals surface area contributed by atoms with Gasteiger partial charge in [0, 0.05) is 26.6 Å². The molecule has 4 amide bonds. The zero-order valence-corrected chi connectivity index (χ0v) is 20.3. The second-order valence-electron chi connectivity index (χ2n) is 9.17. The SMILES string of the molecule is CN(C)S(=O)(=O)NC(=O)C12CC1/C=C/CCCCCC(OC(N)=O)C(=O)N1CCCC1C(=O)N2. The van der Waals surface area contributed by atoms with Crippen molar-refractivity contribution in [3.63, 3.8) is 0 Å². The minimum absolute atomic E-state index is 0.248. The van der Waals surface area contributed by atoms with Crippen molar-refractivity contribution in [3.8, 4) is 0 Å². The molecule has 2 aliphatic heterocycles. The number of nitrogens with two attached hydrogens (primary N) is 1. The number of amides is 4. The van der Waals surface area contributed by atoms with E-state index in [1.165, 1.54) is 19.0 Å². The van der Waals surface area contributed by atoms with Crippen molar-refractivity contribution in [2.24, 2.45) is 11.7 Å².